The minimum absolute atomic E-state index is 0.0274. The summed E-state index contributed by atoms with van der Waals surface area (Å²) in [5, 5.41) is 0. The van der Waals surface area contributed by atoms with E-state index in [1.807, 2.05) is 60.3 Å². The van der Waals surface area contributed by atoms with Crippen LogP contribution in [0.3, 0.4) is 0 Å². The van der Waals surface area contributed by atoms with Crippen molar-refractivity contribution in [3.05, 3.63) is 72.3 Å². The number of carbonyl (C=O) groups excluding carboxylic acids is 2. The fraction of sp³-hybridized carbons (Fsp3) is 0.273. The molecule has 3 fully saturated rings. The highest BCUT2D eigenvalue weighted by atomic mass is 32.2. The number of thioether (sulfide) groups is 1. The fourth-order valence-corrected chi connectivity index (χ4v) is 5.93. The zero-order valence-electron chi connectivity index (χ0n) is 14.8. The Balaban J connectivity index is 1.51. The summed E-state index contributed by atoms with van der Waals surface area (Å²) in [4.78, 5) is 30.3. The predicted molar refractivity (Wildman–Crippen MR) is 108 cm³/mol. The predicted octanol–water partition coefficient (Wildman–Crippen LogP) is 3.26. The first-order chi connectivity index (χ1) is 13.3. The molecule has 2 aromatic rings. The maximum absolute atomic E-state index is 13.3. The minimum atomic E-state index is -0.288. The molecule has 0 N–H and O–H groups in total. The highest BCUT2D eigenvalue weighted by Gasteiger charge is 2.62. The monoisotopic (exact) mass is 376 g/mol. The molecule has 136 valence electrons. The van der Waals surface area contributed by atoms with Crippen LogP contribution in [-0.2, 0) is 9.59 Å². The van der Waals surface area contributed by atoms with Gasteiger partial charge in [0.25, 0.3) is 0 Å². The Morgan fingerprint density at radius 3 is 2.30 bits per heavy atom. The van der Waals surface area contributed by atoms with E-state index in [9.17, 15) is 9.59 Å². The number of anilines is 1. The first kappa shape index (κ1) is 16.8. The van der Waals surface area contributed by atoms with E-state index < -0.39 is 0 Å². The topological polar surface area (TPSA) is 40.6 Å². The number of benzene rings is 2. The van der Waals surface area contributed by atoms with Crippen LogP contribution in [0, 0.1) is 11.8 Å². The summed E-state index contributed by atoms with van der Waals surface area (Å²) in [5.41, 5.74) is 1.80. The van der Waals surface area contributed by atoms with Crippen molar-refractivity contribution < 1.29 is 9.59 Å². The molecule has 3 heterocycles. The molecule has 0 spiro atoms. The molecule has 0 unspecified atom stereocenters. The summed E-state index contributed by atoms with van der Waals surface area (Å²) >= 11 is 1.85. The molecular weight excluding hydrogens is 356 g/mol. The lowest BCUT2D eigenvalue weighted by Crippen LogP contribution is -2.42. The van der Waals surface area contributed by atoms with Crippen molar-refractivity contribution in [1.29, 1.82) is 0 Å². The lowest BCUT2D eigenvalue weighted by molar-refractivity contribution is -0.123. The van der Waals surface area contributed by atoms with Gasteiger partial charge in [-0.05, 0) is 17.7 Å². The SMILES string of the molecule is O=C1[C@H]2[C@H](C(=O)N1c1ccccc1)[C@H]1CSCN1[C@@H]2/C=C/c1ccccc1. The Hall–Kier alpha value is -2.37. The van der Waals surface area contributed by atoms with Crippen LogP contribution in [0.25, 0.3) is 6.08 Å². The van der Waals surface area contributed by atoms with Crippen LogP contribution >= 0.6 is 11.8 Å². The molecule has 2 amide bonds. The van der Waals surface area contributed by atoms with Crippen molar-refractivity contribution in [2.45, 2.75) is 12.1 Å². The van der Waals surface area contributed by atoms with Gasteiger partial charge in [0.2, 0.25) is 11.8 Å². The average molecular weight is 376 g/mol. The number of carbonyl (C=O) groups is 2. The summed E-state index contributed by atoms with van der Waals surface area (Å²) in [7, 11) is 0. The lowest BCUT2D eigenvalue weighted by atomic mass is 9.89. The number of fused-ring (bicyclic) bond motifs is 3. The van der Waals surface area contributed by atoms with Crippen molar-refractivity contribution in [2.24, 2.45) is 11.8 Å². The first-order valence-electron chi connectivity index (χ1n) is 9.25. The molecule has 2 aromatic carbocycles. The quantitative estimate of drug-likeness (QED) is 0.771. The van der Waals surface area contributed by atoms with E-state index in [1.165, 1.54) is 4.90 Å². The molecule has 3 saturated heterocycles. The second kappa shape index (κ2) is 6.66. The Kier molecular flexibility index (Phi) is 4.14. The maximum atomic E-state index is 13.3. The highest BCUT2D eigenvalue weighted by molar-refractivity contribution is 7.99. The summed E-state index contributed by atoms with van der Waals surface area (Å²) in [5.74, 6) is 1.18. The lowest BCUT2D eigenvalue weighted by Gasteiger charge is -2.25. The van der Waals surface area contributed by atoms with E-state index >= 15 is 0 Å². The number of hydrogen-bond donors (Lipinski definition) is 0. The Morgan fingerprint density at radius 1 is 0.889 bits per heavy atom. The van der Waals surface area contributed by atoms with Crippen molar-refractivity contribution in [2.75, 3.05) is 16.5 Å². The molecule has 0 aromatic heterocycles. The number of hydrogen-bond acceptors (Lipinski definition) is 4. The van der Waals surface area contributed by atoms with Gasteiger partial charge in [-0.25, -0.2) is 4.90 Å². The van der Waals surface area contributed by atoms with Crippen LogP contribution in [0.15, 0.2) is 66.7 Å². The van der Waals surface area contributed by atoms with Gasteiger partial charge in [-0.1, -0.05) is 60.7 Å². The number of amides is 2. The van der Waals surface area contributed by atoms with E-state index in [0.29, 0.717) is 5.69 Å². The summed E-state index contributed by atoms with van der Waals surface area (Å²) in [6, 6.07) is 19.6. The van der Waals surface area contributed by atoms with Gasteiger partial charge in [0.15, 0.2) is 0 Å². The van der Waals surface area contributed by atoms with E-state index in [4.69, 9.17) is 0 Å². The molecule has 0 radical (unpaired) electrons. The molecule has 3 aliphatic heterocycles. The van der Waals surface area contributed by atoms with Gasteiger partial charge < -0.3 is 0 Å². The number of rotatable bonds is 3. The second-order valence-corrected chi connectivity index (χ2v) is 8.24. The normalized spacial score (nSPS) is 30.3. The van der Waals surface area contributed by atoms with Crippen LogP contribution in [0.4, 0.5) is 5.69 Å². The third-order valence-corrected chi connectivity index (χ3v) is 6.88. The van der Waals surface area contributed by atoms with Crippen LogP contribution in [0.5, 0.6) is 0 Å². The van der Waals surface area contributed by atoms with Gasteiger partial charge in [0.05, 0.1) is 17.5 Å². The van der Waals surface area contributed by atoms with E-state index in [-0.39, 0.29) is 35.7 Å². The molecular formula is C22H20N2O2S. The molecule has 4 nitrogen and oxygen atoms in total. The largest absolute Gasteiger partial charge is 0.282 e. The average Bonchev–Trinajstić information content (AvgIpc) is 3.34. The molecule has 0 saturated carbocycles. The van der Waals surface area contributed by atoms with Crippen molar-refractivity contribution in [3.63, 3.8) is 0 Å². The van der Waals surface area contributed by atoms with Gasteiger partial charge >= 0.3 is 0 Å². The molecule has 0 bridgehead atoms. The summed E-state index contributed by atoms with van der Waals surface area (Å²) in [6.45, 7) is 0. The van der Waals surface area contributed by atoms with Gasteiger partial charge in [0.1, 0.15) is 0 Å². The molecule has 5 heteroatoms. The van der Waals surface area contributed by atoms with Crippen molar-refractivity contribution in [1.82, 2.24) is 4.90 Å². The second-order valence-electron chi connectivity index (χ2n) is 7.24. The zero-order chi connectivity index (χ0) is 18.4. The number of para-hydroxylation sites is 1. The smallest absolute Gasteiger partial charge is 0.239 e. The van der Waals surface area contributed by atoms with Crippen molar-refractivity contribution >= 4 is 35.3 Å². The van der Waals surface area contributed by atoms with Gasteiger partial charge in [-0.3, -0.25) is 14.5 Å². The van der Waals surface area contributed by atoms with E-state index in [2.05, 4.69) is 29.2 Å². The highest BCUT2D eigenvalue weighted by Crippen LogP contribution is 2.48. The summed E-state index contributed by atoms with van der Waals surface area (Å²) < 4.78 is 0. The van der Waals surface area contributed by atoms with E-state index in [1.54, 1.807) is 0 Å². The number of nitrogens with zero attached hydrogens (tertiary/aromatic N) is 2. The van der Waals surface area contributed by atoms with Crippen LogP contribution in [-0.4, -0.2) is 40.4 Å². The molecule has 5 rings (SSSR count). The van der Waals surface area contributed by atoms with Crippen LogP contribution in [0.1, 0.15) is 5.56 Å². The third-order valence-electron chi connectivity index (χ3n) is 5.82. The van der Waals surface area contributed by atoms with Gasteiger partial charge in [-0.2, -0.15) is 0 Å². The minimum Gasteiger partial charge on any atom is -0.282 e. The maximum Gasteiger partial charge on any atom is 0.239 e. The van der Waals surface area contributed by atoms with Gasteiger partial charge in [0, 0.05) is 23.7 Å². The molecule has 4 atom stereocenters. The molecule has 27 heavy (non-hydrogen) atoms. The van der Waals surface area contributed by atoms with E-state index in [0.717, 1.165) is 17.2 Å². The van der Waals surface area contributed by atoms with Crippen LogP contribution in [0.2, 0.25) is 0 Å². The zero-order valence-corrected chi connectivity index (χ0v) is 15.6. The van der Waals surface area contributed by atoms with Gasteiger partial charge in [-0.15, -0.1) is 11.8 Å². The summed E-state index contributed by atoms with van der Waals surface area (Å²) in [6.07, 6.45) is 4.20. The number of imide groups is 1. The molecule has 3 aliphatic rings. The standard InChI is InChI=1S/C22H20N2O2S/c25-21-19-17(12-11-15-7-3-1-4-8-15)23-14-27-13-18(23)20(19)22(26)24(21)16-9-5-2-6-10-16/h1-12,17-20H,13-14H2/b12-11+/t17-,18-,19-,20-/m1/s1. The Morgan fingerprint density at radius 2 is 1.56 bits per heavy atom. The Labute approximate surface area is 162 Å². The Bertz CT molecular complexity index is 899. The van der Waals surface area contributed by atoms with Crippen molar-refractivity contribution in [3.8, 4) is 0 Å². The molecule has 0 aliphatic carbocycles. The first-order valence-corrected chi connectivity index (χ1v) is 10.4. The third kappa shape index (κ3) is 2.65. The fourth-order valence-electron chi connectivity index (χ4n) is 4.61. The van der Waals surface area contributed by atoms with Crippen LogP contribution < -0.4 is 4.90 Å².